The molecule has 0 saturated heterocycles. The fraction of sp³-hybridized carbons (Fsp3) is 0.889. The van der Waals surface area contributed by atoms with Gasteiger partial charge in [0.25, 0.3) is 0 Å². The second-order valence-corrected chi connectivity index (χ2v) is 3.41. The third kappa shape index (κ3) is 5.04. The summed E-state index contributed by atoms with van der Waals surface area (Å²) < 4.78 is 9.87. The number of aliphatic hydroxyl groups excluding tert-OH is 2. The molecule has 0 heterocycles. The summed E-state index contributed by atoms with van der Waals surface area (Å²) in [4.78, 5) is 0. The number of hydrogen-bond acceptors (Lipinski definition) is 5. The monoisotopic (exact) mass is 205 g/mol. The first-order valence-corrected chi connectivity index (χ1v) is 4.62. The Balaban J connectivity index is 3.87. The molecule has 0 fully saturated rings. The Labute approximate surface area is 84.2 Å². The van der Waals surface area contributed by atoms with Crippen molar-refractivity contribution < 1.29 is 19.7 Å². The Morgan fingerprint density at radius 1 is 0.929 bits per heavy atom. The minimum Gasteiger partial charge on any atom is -0.445 e. The van der Waals surface area contributed by atoms with Crippen LogP contribution in [0.5, 0.6) is 0 Å². The summed E-state index contributed by atoms with van der Waals surface area (Å²) in [5, 5.41) is 25.4. The van der Waals surface area contributed by atoms with E-state index >= 15 is 0 Å². The Bertz CT molecular complexity index is 164. The van der Waals surface area contributed by atoms with E-state index in [2.05, 4.69) is 0 Å². The smallest absolute Gasteiger partial charge is 0.381 e. The van der Waals surface area contributed by atoms with E-state index in [0.717, 1.165) is 0 Å². The molecule has 0 radical (unpaired) electrons. The molecule has 0 aromatic heterocycles. The van der Waals surface area contributed by atoms with Crippen LogP contribution in [0.4, 0.5) is 0 Å². The quantitative estimate of drug-likeness (QED) is 0.461. The molecule has 14 heavy (non-hydrogen) atoms. The summed E-state index contributed by atoms with van der Waals surface area (Å²) in [6.45, 7) is 6.40. The summed E-state index contributed by atoms with van der Waals surface area (Å²) in [6, 6.07) is 0. The Kier molecular flexibility index (Phi) is 5.49. The van der Waals surface area contributed by atoms with Crippen LogP contribution in [0.3, 0.4) is 0 Å². The normalized spacial score (nSPS) is 19.3. The van der Waals surface area contributed by atoms with E-state index in [1.807, 2.05) is 0 Å². The molecule has 0 bridgehead atoms. The van der Waals surface area contributed by atoms with Gasteiger partial charge in [-0.2, -0.15) is 0 Å². The van der Waals surface area contributed by atoms with Crippen LogP contribution in [0.1, 0.15) is 27.7 Å². The second kappa shape index (κ2) is 5.82. The molecule has 0 spiro atoms. The third-order valence-electron chi connectivity index (χ3n) is 1.94. The van der Waals surface area contributed by atoms with Gasteiger partial charge in [-0.25, -0.2) is 5.41 Å². The third-order valence-corrected chi connectivity index (χ3v) is 1.94. The number of rotatable bonds is 4. The van der Waals surface area contributed by atoms with Gasteiger partial charge < -0.3 is 19.7 Å². The van der Waals surface area contributed by atoms with Gasteiger partial charge in [-0.1, -0.05) is 0 Å². The molecule has 0 aromatic carbocycles. The van der Waals surface area contributed by atoms with Gasteiger partial charge in [0.05, 0.1) is 12.2 Å². The maximum Gasteiger partial charge on any atom is 0.381 e. The molecule has 5 heteroatoms. The van der Waals surface area contributed by atoms with Gasteiger partial charge in [0, 0.05) is 0 Å². The van der Waals surface area contributed by atoms with E-state index in [1.165, 1.54) is 0 Å². The fourth-order valence-corrected chi connectivity index (χ4v) is 0.562. The van der Waals surface area contributed by atoms with Crippen LogP contribution in [-0.2, 0) is 9.47 Å². The second-order valence-electron chi connectivity index (χ2n) is 3.41. The summed E-state index contributed by atoms with van der Waals surface area (Å²) in [7, 11) is 0. The Morgan fingerprint density at radius 3 is 1.43 bits per heavy atom. The van der Waals surface area contributed by atoms with Gasteiger partial charge >= 0.3 is 6.08 Å². The minimum absolute atomic E-state index is 0.383. The number of hydrogen-bond donors (Lipinski definition) is 3. The van der Waals surface area contributed by atoms with E-state index in [-0.39, 0.29) is 6.08 Å². The molecule has 0 aromatic rings. The van der Waals surface area contributed by atoms with Crippen LogP contribution in [-0.4, -0.2) is 40.7 Å². The van der Waals surface area contributed by atoms with Gasteiger partial charge in [0.2, 0.25) is 0 Å². The van der Waals surface area contributed by atoms with Gasteiger partial charge in [0.1, 0.15) is 12.2 Å². The predicted octanol–water partition coefficient (Wildman–Crippen LogP) is 0.493. The Morgan fingerprint density at radius 2 is 1.21 bits per heavy atom. The number of ether oxygens (including phenoxy) is 2. The minimum atomic E-state index is -0.666. The topological polar surface area (TPSA) is 82.8 Å². The van der Waals surface area contributed by atoms with Crippen molar-refractivity contribution in [3.05, 3.63) is 0 Å². The van der Waals surface area contributed by atoms with Crippen LogP contribution in [0, 0.1) is 5.41 Å². The lowest BCUT2D eigenvalue weighted by atomic mass is 10.2. The summed E-state index contributed by atoms with van der Waals surface area (Å²) in [6.07, 6.45) is -2.71. The highest BCUT2D eigenvalue weighted by atomic mass is 16.7. The van der Waals surface area contributed by atoms with Gasteiger partial charge in [-0.3, -0.25) is 0 Å². The molecule has 4 atom stereocenters. The average molecular weight is 205 g/mol. The van der Waals surface area contributed by atoms with Crippen LogP contribution in [0.2, 0.25) is 0 Å². The zero-order valence-electron chi connectivity index (χ0n) is 9.02. The molecule has 0 aliphatic heterocycles. The zero-order chi connectivity index (χ0) is 11.3. The highest BCUT2D eigenvalue weighted by Gasteiger charge is 2.17. The van der Waals surface area contributed by atoms with Crippen molar-refractivity contribution in [2.45, 2.75) is 52.1 Å². The molecule has 0 amide bonds. The van der Waals surface area contributed by atoms with Crippen molar-refractivity contribution in [1.29, 1.82) is 5.41 Å². The van der Waals surface area contributed by atoms with E-state index in [1.54, 1.807) is 27.7 Å². The summed E-state index contributed by atoms with van der Waals surface area (Å²) in [5.41, 5.74) is 0. The predicted molar refractivity (Wildman–Crippen MR) is 52.2 cm³/mol. The summed E-state index contributed by atoms with van der Waals surface area (Å²) >= 11 is 0. The van der Waals surface area contributed by atoms with Crippen LogP contribution < -0.4 is 0 Å². The lowest BCUT2D eigenvalue weighted by Gasteiger charge is -2.21. The van der Waals surface area contributed by atoms with Crippen molar-refractivity contribution >= 4 is 6.08 Å². The molecular weight excluding hydrogens is 186 g/mol. The van der Waals surface area contributed by atoms with Crippen LogP contribution >= 0.6 is 0 Å². The average Bonchev–Trinajstić information content (AvgIpc) is 2.03. The van der Waals surface area contributed by atoms with Crippen molar-refractivity contribution in [2.75, 3.05) is 0 Å². The standard InChI is InChI=1S/C9H19NO4/c1-5(11)7(3)13-9(10)14-8(4)6(2)12/h5-8,10-12H,1-4H3. The largest absolute Gasteiger partial charge is 0.445 e. The first kappa shape index (κ1) is 13.2. The maximum atomic E-state index is 9.09. The number of aliphatic hydroxyl groups is 2. The molecule has 84 valence electrons. The van der Waals surface area contributed by atoms with Crippen molar-refractivity contribution in [1.82, 2.24) is 0 Å². The van der Waals surface area contributed by atoms with E-state index in [0.29, 0.717) is 0 Å². The van der Waals surface area contributed by atoms with Crippen molar-refractivity contribution in [3.8, 4) is 0 Å². The highest BCUT2D eigenvalue weighted by molar-refractivity contribution is 5.63. The fourth-order valence-electron chi connectivity index (χ4n) is 0.562. The first-order valence-electron chi connectivity index (χ1n) is 4.62. The molecular formula is C9H19NO4. The van der Waals surface area contributed by atoms with Crippen LogP contribution in [0.25, 0.3) is 0 Å². The molecule has 0 saturated carbocycles. The van der Waals surface area contributed by atoms with Crippen molar-refractivity contribution in [2.24, 2.45) is 0 Å². The molecule has 5 nitrogen and oxygen atoms in total. The highest BCUT2D eigenvalue weighted by Crippen LogP contribution is 2.03. The zero-order valence-corrected chi connectivity index (χ0v) is 9.02. The lowest BCUT2D eigenvalue weighted by Crippen LogP contribution is -2.31. The maximum absolute atomic E-state index is 9.09. The van der Waals surface area contributed by atoms with Gasteiger partial charge in [-0.15, -0.1) is 0 Å². The number of nitrogens with one attached hydrogen (secondary N) is 1. The Hall–Kier alpha value is -0.810. The van der Waals surface area contributed by atoms with E-state index in [9.17, 15) is 0 Å². The summed E-state index contributed by atoms with van der Waals surface area (Å²) in [5.74, 6) is 0. The van der Waals surface area contributed by atoms with Gasteiger partial charge in [-0.05, 0) is 27.7 Å². The molecule has 4 unspecified atom stereocenters. The molecule has 0 aliphatic carbocycles. The van der Waals surface area contributed by atoms with Crippen molar-refractivity contribution in [3.63, 3.8) is 0 Å². The molecule has 3 N–H and O–H groups in total. The van der Waals surface area contributed by atoms with Gasteiger partial charge in [0.15, 0.2) is 0 Å². The van der Waals surface area contributed by atoms with Crippen LogP contribution in [0.15, 0.2) is 0 Å². The van der Waals surface area contributed by atoms with E-state index < -0.39 is 24.4 Å². The SMILES string of the molecule is CC(O)C(C)OC(=N)OC(C)C(C)O. The van der Waals surface area contributed by atoms with E-state index in [4.69, 9.17) is 25.1 Å². The molecule has 0 rings (SSSR count). The lowest BCUT2D eigenvalue weighted by molar-refractivity contribution is -0.0125. The first-order chi connectivity index (χ1) is 6.34. The molecule has 0 aliphatic rings.